The normalized spacial score (nSPS) is 11.8. The van der Waals surface area contributed by atoms with Crippen molar-refractivity contribution < 1.29 is 31.5 Å². The van der Waals surface area contributed by atoms with Gasteiger partial charge in [-0.3, -0.25) is 4.79 Å². The number of carbonyl (C=O) groups excluding carboxylic acids is 1. The number of esters is 1. The van der Waals surface area contributed by atoms with Crippen LogP contribution in [0.3, 0.4) is 0 Å². The number of pyridine rings is 1. The van der Waals surface area contributed by atoms with Gasteiger partial charge in [0.25, 0.3) is 6.43 Å². The molecule has 0 saturated heterocycles. The van der Waals surface area contributed by atoms with E-state index < -0.39 is 36.2 Å². The van der Waals surface area contributed by atoms with Crippen LogP contribution in [0.1, 0.15) is 30.3 Å². The summed E-state index contributed by atoms with van der Waals surface area (Å²) in [4.78, 5) is 14.5. The Hall–Kier alpha value is -1.00. The third-order valence-corrected chi connectivity index (χ3v) is 3.14. The molecule has 1 heterocycles. The number of halogens is 6. The number of carbonyl (C=O) groups is 1. The lowest BCUT2D eigenvalue weighted by atomic mass is 10.1. The second-order valence-corrected chi connectivity index (χ2v) is 4.79. The Bertz CT molecular complexity index is 504. The molecule has 0 fully saturated rings. The van der Waals surface area contributed by atoms with Crippen LogP contribution in [0.25, 0.3) is 0 Å². The first-order chi connectivity index (χ1) is 9.16. The van der Waals surface area contributed by atoms with Gasteiger partial charge in [-0.15, -0.1) is 0 Å². The lowest BCUT2D eigenvalue weighted by Crippen LogP contribution is -2.16. The molecular weight excluding hydrogens is 400 g/mol. The second kappa shape index (κ2) is 6.64. The van der Waals surface area contributed by atoms with Crippen LogP contribution in [0.5, 0.6) is 0 Å². The van der Waals surface area contributed by atoms with Crippen LogP contribution in [0.4, 0.5) is 22.0 Å². The van der Waals surface area contributed by atoms with E-state index in [-0.39, 0.29) is 15.9 Å². The molecule has 0 aliphatic heterocycles. The van der Waals surface area contributed by atoms with Crippen molar-refractivity contribution in [1.29, 1.82) is 0 Å². The minimum atomic E-state index is -4.93. The highest BCUT2D eigenvalue weighted by atomic mass is 127. The molecule has 0 spiro atoms. The predicted octanol–water partition coefficient (Wildman–Crippen LogP) is 3.75. The summed E-state index contributed by atoms with van der Waals surface area (Å²) in [6.07, 6.45) is -8.77. The second-order valence-electron chi connectivity index (χ2n) is 3.63. The highest BCUT2D eigenvalue weighted by Crippen LogP contribution is 2.36. The number of aromatic nitrogens is 1. The first-order valence-corrected chi connectivity index (χ1v) is 6.45. The van der Waals surface area contributed by atoms with Crippen molar-refractivity contribution in [2.24, 2.45) is 0 Å². The summed E-state index contributed by atoms with van der Waals surface area (Å²) in [7, 11) is 0. The quantitative estimate of drug-likeness (QED) is 0.432. The summed E-state index contributed by atoms with van der Waals surface area (Å²) < 4.78 is 67.8. The molecule has 1 aromatic rings. The minimum Gasteiger partial charge on any atom is -0.466 e. The lowest BCUT2D eigenvalue weighted by molar-refractivity contribution is -0.142. The third kappa shape index (κ3) is 4.25. The number of nitrogens with zero attached hydrogens (tertiary/aromatic N) is 1. The molecule has 20 heavy (non-hydrogen) atoms. The Labute approximate surface area is 124 Å². The first-order valence-electron chi connectivity index (χ1n) is 5.37. The van der Waals surface area contributed by atoms with Gasteiger partial charge in [-0.2, -0.15) is 13.2 Å². The number of ether oxygens (including phenoxy) is 1. The van der Waals surface area contributed by atoms with Crippen molar-refractivity contribution in [3.8, 4) is 0 Å². The zero-order valence-corrected chi connectivity index (χ0v) is 12.3. The van der Waals surface area contributed by atoms with E-state index in [9.17, 15) is 26.7 Å². The average Bonchev–Trinajstić information content (AvgIpc) is 2.30. The predicted molar refractivity (Wildman–Crippen MR) is 67.3 cm³/mol. The van der Waals surface area contributed by atoms with E-state index in [0.29, 0.717) is 6.07 Å². The van der Waals surface area contributed by atoms with Crippen LogP contribution >= 0.6 is 22.6 Å². The van der Waals surface area contributed by atoms with Crippen LogP contribution in [0.15, 0.2) is 6.07 Å². The van der Waals surface area contributed by atoms with Gasteiger partial charge in [-0.1, -0.05) is 0 Å². The SMILES string of the molecule is CCOC(=O)Cc1nc(C(F)F)c(C(F)(F)F)cc1I. The summed E-state index contributed by atoms with van der Waals surface area (Å²) in [6, 6.07) is 0.559. The van der Waals surface area contributed by atoms with Crippen molar-refractivity contribution in [2.75, 3.05) is 6.61 Å². The van der Waals surface area contributed by atoms with Gasteiger partial charge in [-0.05, 0) is 35.6 Å². The van der Waals surface area contributed by atoms with E-state index in [1.54, 1.807) is 6.92 Å². The molecule has 0 radical (unpaired) electrons. The fourth-order valence-electron chi connectivity index (χ4n) is 1.41. The van der Waals surface area contributed by atoms with Gasteiger partial charge in [0, 0.05) is 3.57 Å². The van der Waals surface area contributed by atoms with Gasteiger partial charge in [0.1, 0.15) is 5.69 Å². The van der Waals surface area contributed by atoms with Crippen LogP contribution in [0, 0.1) is 3.57 Å². The standard InChI is InChI=1S/C11H9F5INO2/c1-2-20-8(19)4-7-6(17)3-5(11(14,15)16)9(18-7)10(12)13/h3,10H,2,4H2,1H3. The maximum atomic E-state index is 12.7. The average molecular weight is 409 g/mol. The van der Waals surface area contributed by atoms with Crippen molar-refractivity contribution in [3.63, 3.8) is 0 Å². The molecule has 1 aromatic heterocycles. The van der Waals surface area contributed by atoms with Gasteiger partial charge < -0.3 is 4.74 Å². The van der Waals surface area contributed by atoms with Crippen LogP contribution in [0.2, 0.25) is 0 Å². The summed E-state index contributed by atoms with van der Waals surface area (Å²) in [6.45, 7) is 1.63. The molecule has 0 saturated carbocycles. The van der Waals surface area contributed by atoms with Crippen LogP contribution in [-0.4, -0.2) is 17.6 Å². The Morgan fingerprint density at radius 3 is 2.50 bits per heavy atom. The van der Waals surface area contributed by atoms with E-state index in [4.69, 9.17) is 0 Å². The minimum absolute atomic E-state index is 0.0209. The molecule has 0 atom stereocenters. The fraction of sp³-hybridized carbons (Fsp3) is 0.455. The monoisotopic (exact) mass is 409 g/mol. The van der Waals surface area contributed by atoms with E-state index in [1.165, 1.54) is 22.6 Å². The molecule has 0 bridgehead atoms. The molecule has 112 valence electrons. The summed E-state index contributed by atoms with van der Waals surface area (Å²) in [5.41, 5.74) is -3.03. The molecule has 3 nitrogen and oxygen atoms in total. The molecule has 9 heteroatoms. The lowest BCUT2D eigenvalue weighted by Gasteiger charge is -2.14. The van der Waals surface area contributed by atoms with Gasteiger partial charge >= 0.3 is 12.1 Å². The number of hydrogen-bond acceptors (Lipinski definition) is 3. The third-order valence-electron chi connectivity index (χ3n) is 2.21. The van der Waals surface area contributed by atoms with Gasteiger partial charge in [-0.25, -0.2) is 13.8 Å². The molecule has 0 aromatic carbocycles. The molecule has 0 amide bonds. The van der Waals surface area contributed by atoms with E-state index in [0.717, 1.165) is 0 Å². The topological polar surface area (TPSA) is 39.2 Å². The van der Waals surface area contributed by atoms with Gasteiger partial charge in [0.15, 0.2) is 0 Å². The highest BCUT2D eigenvalue weighted by molar-refractivity contribution is 14.1. The zero-order valence-electron chi connectivity index (χ0n) is 10.1. The van der Waals surface area contributed by atoms with E-state index in [2.05, 4.69) is 9.72 Å². The molecule has 1 rings (SSSR count). The largest absolute Gasteiger partial charge is 0.466 e. The van der Waals surface area contributed by atoms with Crippen molar-refractivity contribution in [3.05, 3.63) is 26.6 Å². The Kier molecular flexibility index (Phi) is 5.66. The summed E-state index contributed by atoms with van der Waals surface area (Å²) >= 11 is 1.51. The molecule has 0 unspecified atom stereocenters. The smallest absolute Gasteiger partial charge is 0.418 e. The Morgan fingerprint density at radius 1 is 1.45 bits per heavy atom. The van der Waals surface area contributed by atoms with Crippen LogP contribution in [-0.2, 0) is 22.1 Å². The number of hydrogen-bond donors (Lipinski definition) is 0. The fourth-order valence-corrected chi connectivity index (χ4v) is 2.03. The summed E-state index contributed by atoms with van der Waals surface area (Å²) in [5, 5.41) is 0. The van der Waals surface area contributed by atoms with E-state index in [1.807, 2.05) is 0 Å². The Morgan fingerprint density at radius 2 is 2.05 bits per heavy atom. The highest BCUT2D eigenvalue weighted by Gasteiger charge is 2.37. The van der Waals surface area contributed by atoms with Crippen molar-refractivity contribution >= 4 is 28.6 Å². The number of alkyl halides is 5. The maximum absolute atomic E-state index is 12.7. The van der Waals surface area contributed by atoms with Crippen molar-refractivity contribution in [1.82, 2.24) is 4.98 Å². The summed E-state index contributed by atoms with van der Waals surface area (Å²) in [5.74, 6) is -0.738. The van der Waals surface area contributed by atoms with E-state index >= 15 is 0 Å². The first kappa shape index (κ1) is 17.1. The van der Waals surface area contributed by atoms with Crippen molar-refractivity contribution in [2.45, 2.75) is 25.9 Å². The van der Waals surface area contributed by atoms with Crippen LogP contribution < -0.4 is 0 Å². The van der Waals surface area contributed by atoms with Gasteiger partial charge in [0.05, 0.1) is 24.3 Å². The Balaban J connectivity index is 3.24. The zero-order chi connectivity index (χ0) is 15.5. The molecule has 0 aliphatic rings. The molecular formula is C11H9F5INO2. The van der Waals surface area contributed by atoms with Gasteiger partial charge in [0.2, 0.25) is 0 Å². The molecule has 0 aliphatic carbocycles. The maximum Gasteiger partial charge on any atom is 0.418 e. The number of rotatable bonds is 4. The molecule has 0 N–H and O–H groups in total.